The van der Waals surface area contributed by atoms with Gasteiger partial charge in [-0.2, -0.15) is 5.21 Å². The SMILES string of the molecule is O=C(Cc1ccc(Cl)cc1)NCCc1nn[nH]n1. The first-order chi connectivity index (χ1) is 8.74. The average molecular weight is 266 g/mol. The predicted octanol–water partition coefficient (Wildman–Crippen LogP) is 0.754. The molecule has 1 aromatic heterocycles. The van der Waals surface area contributed by atoms with Crippen LogP contribution < -0.4 is 5.32 Å². The highest BCUT2D eigenvalue weighted by Gasteiger charge is 2.04. The third-order valence-corrected chi connectivity index (χ3v) is 2.59. The number of H-pyrrole nitrogens is 1. The van der Waals surface area contributed by atoms with Crippen LogP contribution in [0, 0.1) is 0 Å². The molecular weight excluding hydrogens is 254 g/mol. The second-order valence-electron chi connectivity index (χ2n) is 3.73. The second-order valence-corrected chi connectivity index (χ2v) is 4.17. The fraction of sp³-hybridized carbons (Fsp3) is 0.273. The molecule has 0 radical (unpaired) electrons. The molecule has 0 atom stereocenters. The highest BCUT2D eigenvalue weighted by atomic mass is 35.5. The summed E-state index contributed by atoms with van der Waals surface area (Å²) in [4.78, 5) is 11.6. The Morgan fingerprint density at radius 1 is 1.33 bits per heavy atom. The number of tetrazole rings is 1. The average Bonchev–Trinajstić information content (AvgIpc) is 2.85. The molecule has 6 nitrogen and oxygen atoms in total. The summed E-state index contributed by atoms with van der Waals surface area (Å²) in [5, 5.41) is 16.8. The Morgan fingerprint density at radius 3 is 2.78 bits per heavy atom. The van der Waals surface area contributed by atoms with Crippen LogP contribution in [-0.2, 0) is 17.6 Å². The summed E-state index contributed by atoms with van der Waals surface area (Å²) < 4.78 is 0. The van der Waals surface area contributed by atoms with Crippen molar-refractivity contribution >= 4 is 17.5 Å². The number of nitrogens with zero attached hydrogens (tertiary/aromatic N) is 3. The molecule has 0 saturated heterocycles. The second kappa shape index (κ2) is 6.11. The zero-order chi connectivity index (χ0) is 12.8. The maximum atomic E-state index is 11.6. The van der Waals surface area contributed by atoms with Gasteiger partial charge in [0.15, 0.2) is 5.82 Å². The monoisotopic (exact) mass is 265 g/mol. The Hall–Kier alpha value is -1.95. The summed E-state index contributed by atoms with van der Waals surface area (Å²) in [6, 6.07) is 7.20. The lowest BCUT2D eigenvalue weighted by atomic mass is 10.1. The molecule has 0 spiro atoms. The van der Waals surface area contributed by atoms with Crippen molar-refractivity contribution in [2.24, 2.45) is 0 Å². The summed E-state index contributed by atoms with van der Waals surface area (Å²) in [6.07, 6.45) is 0.895. The molecule has 2 rings (SSSR count). The maximum absolute atomic E-state index is 11.6. The van der Waals surface area contributed by atoms with Crippen molar-refractivity contribution in [1.82, 2.24) is 25.9 Å². The van der Waals surface area contributed by atoms with E-state index < -0.39 is 0 Å². The topological polar surface area (TPSA) is 83.6 Å². The highest BCUT2D eigenvalue weighted by molar-refractivity contribution is 6.30. The van der Waals surface area contributed by atoms with Gasteiger partial charge in [0.25, 0.3) is 0 Å². The first-order valence-corrected chi connectivity index (χ1v) is 5.85. The third kappa shape index (κ3) is 3.81. The van der Waals surface area contributed by atoms with Gasteiger partial charge in [0.05, 0.1) is 6.42 Å². The molecule has 0 saturated carbocycles. The molecule has 1 heterocycles. The van der Waals surface area contributed by atoms with Crippen molar-refractivity contribution in [1.29, 1.82) is 0 Å². The largest absolute Gasteiger partial charge is 0.355 e. The third-order valence-electron chi connectivity index (χ3n) is 2.34. The molecule has 94 valence electrons. The number of halogens is 1. The maximum Gasteiger partial charge on any atom is 0.224 e. The number of hydrogen-bond donors (Lipinski definition) is 2. The van der Waals surface area contributed by atoms with E-state index in [9.17, 15) is 4.79 Å². The zero-order valence-corrected chi connectivity index (χ0v) is 10.3. The summed E-state index contributed by atoms with van der Waals surface area (Å²) in [7, 11) is 0. The standard InChI is InChI=1S/C11H12ClN5O/c12-9-3-1-8(2-4-9)7-11(18)13-6-5-10-14-16-17-15-10/h1-4H,5-7H2,(H,13,18)(H,14,15,16,17). The molecule has 0 bridgehead atoms. The van der Waals surface area contributed by atoms with Crippen molar-refractivity contribution in [3.63, 3.8) is 0 Å². The Labute approximate surface area is 109 Å². The number of carbonyl (C=O) groups excluding carboxylic acids is 1. The van der Waals surface area contributed by atoms with E-state index in [-0.39, 0.29) is 5.91 Å². The van der Waals surface area contributed by atoms with Crippen LogP contribution in [0.4, 0.5) is 0 Å². The quantitative estimate of drug-likeness (QED) is 0.836. The van der Waals surface area contributed by atoms with Crippen molar-refractivity contribution in [2.75, 3.05) is 6.54 Å². The van der Waals surface area contributed by atoms with Gasteiger partial charge in [0.1, 0.15) is 0 Å². The molecule has 0 aliphatic rings. The van der Waals surface area contributed by atoms with Gasteiger partial charge in [0.2, 0.25) is 5.91 Å². The number of benzene rings is 1. The summed E-state index contributed by atoms with van der Waals surface area (Å²) in [6.45, 7) is 0.492. The molecule has 1 amide bonds. The first kappa shape index (κ1) is 12.5. The van der Waals surface area contributed by atoms with Gasteiger partial charge in [-0.15, -0.1) is 10.2 Å². The van der Waals surface area contributed by atoms with E-state index in [1.165, 1.54) is 0 Å². The number of amides is 1. The van der Waals surface area contributed by atoms with Gasteiger partial charge in [-0.3, -0.25) is 4.79 Å². The number of aromatic nitrogens is 4. The van der Waals surface area contributed by atoms with Gasteiger partial charge in [-0.05, 0) is 17.7 Å². The minimum Gasteiger partial charge on any atom is -0.355 e. The van der Waals surface area contributed by atoms with Gasteiger partial charge >= 0.3 is 0 Å². The van der Waals surface area contributed by atoms with E-state index in [0.29, 0.717) is 30.2 Å². The molecule has 18 heavy (non-hydrogen) atoms. The number of hydrogen-bond acceptors (Lipinski definition) is 4. The van der Waals surface area contributed by atoms with Crippen LogP contribution in [0.15, 0.2) is 24.3 Å². The van der Waals surface area contributed by atoms with Crippen molar-refractivity contribution in [2.45, 2.75) is 12.8 Å². The van der Waals surface area contributed by atoms with Crippen LogP contribution in [0.25, 0.3) is 0 Å². The smallest absolute Gasteiger partial charge is 0.224 e. The van der Waals surface area contributed by atoms with E-state index in [2.05, 4.69) is 25.9 Å². The van der Waals surface area contributed by atoms with E-state index in [1.807, 2.05) is 12.1 Å². The zero-order valence-electron chi connectivity index (χ0n) is 9.56. The summed E-state index contributed by atoms with van der Waals surface area (Å²) in [5.41, 5.74) is 0.927. The summed E-state index contributed by atoms with van der Waals surface area (Å²) >= 11 is 5.77. The minimum atomic E-state index is -0.0409. The van der Waals surface area contributed by atoms with Crippen LogP contribution in [-0.4, -0.2) is 33.1 Å². The fourth-order valence-corrected chi connectivity index (χ4v) is 1.58. The number of rotatable bonds is 5. The van der Waals surface area contributed by atoms with Gasteiger partial charge in [-0.1, -0.05) is 28.9 Å². The fourth-order valence-electron chi connectivity index (χ4n) is 1.45. The Kier molecular flexibility index (Phi) is 4.25. The highest BCUT2D eigenvalue weighted by Crippen LogP contribution is 2.09. The molecule has 0 fully saturated rings. The molecule has 2 N–H and O–H groups in total. The normalized spacial score (nSPS) is 10.3. The van der Waals surface area contributed by atoms with E-state index in [1.54, 1.807) is 12.1 Å². The van der Waals surface area contributed by atoms with Crippen LogP contribution >= 0.6 is 11.6 Å². The van der Waals surface area contributed by atoms with Gasteiger partial charge < -0.3 is 5.32 Å². The molecule has 0 unspecified atom stereocenters. The predicted molar refractivity (Wildman–Crippen MR) is 66.0 cm³/mol. The number of nitrogens with one attached hydrogen (secondary N) is 2. The van der Waals surface area contributed by atoms with Crippen LogP contribution in [0.2, 0.25) is 5.02 Å². The Bertz CT molecular complexity index is 497. The summed E-state index contributed by atoms with van der Waals surface area (Å²) in [5.74, 6) is 0.544. The van der Waals surface area contributed by atoms with E-state index in [4.69, 9.17) is 11.6 Å². The van der Waals surface area contributed by atoms with Crippen molar-refractivity contribution in [3.8, 4) is 0 Å². The molecule has 1 aromatic carbocycles. The number of carbonyl (C=O) groups is 1. The molecular formula is C11H12ClN5O. The lowest BCUT2D eigenvalue weighted by molar-refractivity contribution is -0.120. The van der Waals surface area contributed by atoms with Crippen LogP contribution in [0.3, 0.4) is 0 Å². The Balaban J connectivity index is 1.73. The van der Waals surface area contributed by atoms with Crippen LogP contribution in [0.1, 0.15) is 11.4 Å². The van der Waals surface area contributed by atoms with Crippen molar-refractivity contribution in [3.05, 3.63) is 40.7 Å². The number of aromatic amines is 1. The van der Waals surface area contributed by atoms with Gasteiger partial charge in [-0.25, -0.2) is 0 Å². The minimum absolute atomic E-state index is 0.0409. The van der Waals surface area contributed by atoms with Crippen LogP contribution in [0.5, 0.6) is 0 Å². The Morgan fingerprint density at radius 2 is 2.11 bits per heavy atom. The molecule has 0 aliphatic carbocycles. The molecule has 2 aromatic rings. The first-order valence-electron chi connectivity index (χ1n) is 5.47. The van der Waals surface area contributed by atoms with Gasteiger partial charge in [0, 0.05) is 18.0 Å². The van der Waals surface area contributed by atoms with E-state index >= 15 is 0 Å². The van der Waals surface area contributed by atoms with E-state index in [0.717, 1.165) is 5.56 Å². The molecule has 7 heteroatoms. The lowest BCUT2D eigenvalue weighted by Crippen LogP contribution is -2.27. The lowest BCUT2D eigenvalue weighted by Gasteiger charge is -2.03. The van der Waals surface area contributed by atoms with Crippen molar-refractivity contribution < 1.29 is 4.79 Å². The molecule has 0 aliphatic heterocycles.